The predicted octanol–water partition coefficient (Wildman–Crippen LogP) is 3.76. The maximum absolute atomic E-state index is 14.5. The first-order chi connectivity index (χ1) is 19.0. The number of fused-ring (bicyclic) bond motifs is 2. The van der Waals surface area contributed by atoms with Gasteiger partial charge in [-0.25, -0.2) is 0 Å². The number of esters is 1. The van der Waals surface area contributed by atoms with E-state index in [0.717, 1.165) is 44.1 Å². The Morgan fingerprint density at radius 3 is 2.69 bits per heavy atom. The molecule has 0 bridgehead atoms. The second-order valence-electron chi connectivity index (χ2n) is 11.1. The molecule has 39 heavy (non-hydrogen) atoms. The Morgan fingerprint density at radius 1 is 1.10 bits per heavy atom. The Kier molecular flexibility index (Phi) is 8.82. The summed E-state index contributed by atoms with van der Waals surface area (Å²) in [4.78, 5) is 45.9. The highest BCUT2D eigenvalue weighted by Crippen LogP contribution is 2.61. The van der Waals surface area contributed by atoms with Crippen LogP contribution in [0.15, 0.2) is 54.6 Å². The average molecular weight is 553 g/mol. The van der Waals surface area contributed by atoms with Crippen LogP contribution in [0.25, 0.3) is 0 Å². The van der Waals surface area contributed by atoms with Gasteiger partial charge in [0.2, 0.25) is 11.8 Å². The van der Waals surface area contributed by atoms with Crippen molar-refractivity contribution in [1.29, 1.82) is 0 Å². The lowest BCUT2D eigenvalue weighted by Crippen LogP contribution is -2.57. The number of aliphatic hydroxyl groups is 1. The molecule has 4 heterocycles. The molecule has 8 heteroatoms. The van der Waals surface area contributed by atoms with Crippen LogP contribution in [-0.2, 0) is 25.5 Å². The first-order valence-electron chi connectivity index (χ1n) is 14.5. The number of cyclic esters (lactones) is 1. The molecular weight excluding hydrogens is 512 g/mol. The zero-order valence-corrected chi connectivity index (χ0v) is 23.6. The molecule has 1 unspecified atom stereocenters. The van der Waals surface area contributed by atoms with Crippen molar-refractivity contribution in [3.05, 3.63) is 60.2 Å². The van der Waals surface area contributed by atoms with E-state index in [9.17, 15) is 19.5 Å². The lowest BCUT2D eigenvalue weighted by molar-refractivity contribution is -0.153. The Hall–Kier alpha value is -2.58. The number of unbranched alkanes of at least 4 members (excludes halogenated alkanes) is 2. The largest absolute Gasteiger partial charge is 0.465 e. The minimum atomic E-state index is -0.898. The van der Waals surface area contributed by atoms with Crippen LogP contribution in [0.5, 0.6) is 0 Å². The number of aliphatic hydroxyl groups excluding tert-OH is 1. The van der Waals surface area contributed by atoms with Gasteiger partial charge < -0.3 is 19.6 Å². The molecule has 2 amide bonds. The van der Waals surface area contributed by atoms with Gasteiger partial charge >= 0.3 is 5.97 Å². The smallest absolute Gasteiger partial charge is 0.311 e. The Balaban J connectivity index is 1.57. The molecule has 2 saturated heterocycles. The van der Waals surface area contributed by atoms with Crippen LogP contribution < -0.4 is 0 Å². The van der Waals surface area contributed by atoms with Gasteiger partial charge in [-0.15, -0.1) is 11.8 Å². The van der Waals surface area contributed by atoms with E-state index >= 15 is 0 Å². The molecule has 5 rings (SSSR count). The van der Waals surface area contributed by atoms with Crippen molar-refractivity contribution < 1.29 is 24.2 Å². The Bertz CT molecular complexity index is 1110. The number of hydrogen-bond acceptors (Lipinski definition) is 6. The molecule has 0 radical (unpaired) electrons. The topological polar surface area (TPSA) is 87.2 Å². The van der Waals surface area contributed by atoms with E-state index in [0.29, 0.717) is 26.1 Å². The molecule has 0 aliphatic carbocycles. The molecule has 1 aromatic carbocycles. The summed E-state index contributed by atoms with van der Waals surface area (Å²) < 4.78 is 4.80. The van der Waals surface area contributed by atoms with Gasteiger partial charge in [0.15, 0.2) is 0 Å². The maximum Gasteiger partial charge on any atom is 0.311 e. The summed E-state index contributed by atoms with van der Waals surface area (Å²) in [6, 6.07) is 8.37. The molecule has 6 atom stereocenters. The van der Waals surface area contributed by atoms with Crippen molar-refractivity contribution in [2.45, 2.75) is 74.0 Å². The number of thioether (sulfide) groups is 1. The fourth-order valence-corrected chi connectivity index (χ4v) is 8.67. The summed E-state index contributed by atoms with van der Waals surface area (Å²) in [7, 11) is 0. The normalized spacial score (nSPS) is 32.2. The summed E-state index contributed by atoms with van der Waals surface area (Å²) in [6.07, 6.45) is 14.2. The zero-order valence-electron chi connectivity index (χ0n) is 22.7. The van der Waals surface area contributed by atoms with Gasteiger partial charge in [-0.05, 0) is 37.7 Å². The predicted molar refractivity (Wildman–Crippen MR) is 152 cm³/mol. The maximum atomic E-state index is 14.5. The van der Waals surface area contributed by atoms with E-state index in [-0.39, 0.29) is 29.6 Å². The number of rotatable bonds is 8. The van der Waals surface area contributed by atoms with Crippen LogP contribution in [0.3, 0.4) is 0 Å². The average Bonchev–Trinajstić information content (AvgIpc) is 3.34. The van der Waals surface area contributed by atoms with Crippen LogP contribution in [0.4, 0.5) is 0 Å². The number of likely N-dealkylation sites (tertiary alicyclic amines) is 1. The molecule has 0 saturated carbocycles. The SMILES string of the molecule is CCCCCN1CC=C[C@]23S[C@H]4/C=C\CCCCOC(=O)[C@H]4[C@H]2C(=O)N([C@@H](CO)Cc2ccccc2)C3C1=O. The molecule has 4 aliphatic rings. The molecule has 7 nitrogen and oxygen atoms in total. The molecule has 1 aromatic rings. The van der Waals surface area contributed by atoms with Crippen molar-refractivity contribution in [3.63, 3.8) is 0 Å². The van der Waals surface area contributed by atoms with Gasteiger partial charge in [0, 0.05) is 18.3 Å². The second-order valence-corrected chi connectivity index (χ2v) is 12.6. The van der Waals surface area contributed by atoms with Crippen molar-refractivity contribution in [2.75, 3.05) is 26.3 Å². The third-order valence-electron chi connectivity index (χ3n) is 8.57. The Morgan fingerprint density at radius 2 is 1.92 bits per heavy atom. The molecule has 2 fully saturated rings. The van der Waals surface area contributed by atoms with Gasteiger partial charge in [0.25, 0.3) is 0 Å². The highest BCUT2D eigenvalue weighted by molar-refractivity contribution is 8.02. The third-order valence-corrected chi connectivity index (χ3v) is 10.3. The van der Waals surface area contributed by atoms with Gasteiger partial charge in [-0.2, -0.15) is 0 Å². The quantitative estimate of drug-likeness (QED) is 0.300. The lowest BCUT2D eigenvalue weighted by Gasteiger charge is -2.38. The van der Waals surface area contributed by atoms with Crippen molar-refractivity contribution in [3.8, 4) is 0 Å². The number of allylic oxidation sites excluding steroid dienone is 1. The van der Waals surface area contributed by atoms with Crippen molar-refractivity contribution in [2.24, 2.45) is 11.8 Å². The lowest BCUT2D eigenvalue weighted by atomic mass is 9.78. The summed E-state index contributed by atoms with van der Waals surface area (Å²) in [5, 5.41) is 10.4. The molecular formula is C31H40N2O5S. The summed E-state index contributed by atoms with van der Waals surface area (Å²) in [5.74, 6) is -2.08. The van der Waals surface area contributed by atoms with Crippen molar-refractivity contribution >= 4 is 29.5 Å². The first kappa shape index (κ1) is 28.0. The molecule has 4 aliphatic heterocycles. The monoisotopic (exact) mass is 552 g/mol. The van der Waals surface area contributed by atoms with Gasteiger partial charge in [-0.3, -0.25) is 14.4 Å². The number of carbonyl (C=O) groups is 3. The van der Waals surface area contributed by atoms with E-state index in [4.69, 9.17) is 4.74 Å². The summed E-state index contributed by atoms with van der Waals surface area (Å²) >= 11 is 1.56. The van der Waals surface area contributed by atoms with Gasteiger partial charge in [0.1, 0.15) is 6.04 Å². The number of benzene rings is 1. The molecule has 0 aromatic heterocycles. The number of nitrogens with zero attached hydrogens (tertiary/aromatic N) is 2. The fourth-order valence-electron chi connectivity index (χ4n) is 6.69. The van der Waals surface area contributed by atoms with Crippen molar-refractivity contribution in [1.82, 2.24) is 9.80 Å². The second kappa shape index (κ2) is 12.3. The highest BCUT2D eigenvalue weighted by Gasteiger charge is 2.71. The summed E-state index contributed by atoms with van der Waals surface area (Å²) in [6.45, 7) is 3.31. The van der Waals surface area contributed by atoms with Crippen LogP contribution in [0, 0.1) is 11.8 Å². The van der Waals surface area contributed by atoms with Gasteiger partial charge in [-0.1, -0.05) is 74.4 Å². The third kappa shape index (κ3) is 5.30. The van der Waals surface area contributed by atoms with E-state index in [1.54, 1.807) is 16.7 Å². The molecule has 1 N–H and O–H groups in total. The van der Waals surface area contributed by atoms with Crippen LogP contribution >= 0.6 is 11.8 Å². The number of carbonyl (C=O) groups excluding carboxylic acids is 3. The van der Waals surface area contributed by atoms with Crippen LogP contribution in [-0.4, -0.2) is 81.1 Å². The first-order valence-corrected chi connectivity index (χ1v) is 15.3. The number of hydrogen-bond donors (Lipinski definition) is 1. The van der Waals surface area contributed by atoms with Crippen LogP contribution in [0.2, 0.25) is 0 Å². The summed E-state index contributed by atoms with van der Waals surface area (Å²) in [5.41, 5.74) is 0.985. The Labute approximate surface area is 235 Å². The standard InChI is InChI=1S/C31H40N2O5S/c1-2-3-10-17-32-18-12-16-31-26(25-24(39-31)15-9-4-5-11-19-38-30(25)37)28(35)33(27(31)29(32)36)23(21-34)20-22-13-7-6-8-14-22/h6-9,12-16,23-27,34H,2-5,10-11,17-21H2,1H3/b15-9-/t23-,24+,25-,26+,27?,31+/m1/s1. The highest BCUT2D eigenvalue weighted by atomic mass is 32.2. The minimum absolute atomic E-state index is 0.0907. The zero-order chi connectivity index (χ0) is 27.4. The molecule has 1 spiro atoms. The molecule has 210 valence electrons. The number of amides is 2. The fraction of sp³-hybridized carbons (Fsp3) is 0.581. The van der Waals surface area contributed by atoms with E-state index in [1.165, 1.54) is 0 Å². The van der Waals surface area contributed by atoms with E-state index in [1.807, 2.05) is 47.4 Å². The van der Waals surface area contributed by atoms with Gasteiger partial charge in [0.05, 0.1) is 35.8 Å². The minimum Gasteiger partial charge on any atom is -0.465 e. The number of ether oxygens (including phenoxy) is 1. The van der Waals surface area contributed by atoms with E-state index < -0.39 is 28.7 Å². The van der Waals surface area contributed by atoms with E-state index in [2.05, 4.69) is 19.1 Å². The van der Waals surface area contributed by atoms with Crippen LogP contribution in [0.1, 0.15) is 51.0 Å².